The van der Waals surface area contributed by atoms with Crippen LogP contribution in [0, 0.1) is 17.5 Å². The molecule has 5 nitrogen and oxygen atoms in total. The van der Waals surface area contributed by atoms with Crippen LogP contribution in [0.1, 0.15) is 36.2 Å². The molecule has 1 amide bonds. The van der Waals surface area contributed by atoms with Crippen LogP contribution in [-0.4, -0.2) is 33.9 Å². The van der Waals surface area contributed by atoms with Crippen LogP contribution in [0.25, 0.3) is 0 Å². The van der Waals surface area contributed by atoms with Crippen molar-refractivity contribution in [1.82, 2.24) is 14.9 Å². The van der Waals surface area contributed by atoms with Crippen molar-refractivity contribution >= 4 is 17.5 Å². The first-order chi connectivity index (χ1) is 12.1. The highest BCUT2D eigenvalue weighted by Crippen LogP contribution is 2.22. The Morgan fingerprint density at radius 3 is 2.44 bits per heavy atom. The molecule has 1 N–H and O–H groups in total. The van der Waals surface area contributed by atoms with Crippen molar-refractivity contribution in [1.29, 1.82) is 0 Å². The second-order valence-corrected chi connectivity index (χ2v) is 5.82. The second-order valence-electron chi connectivity index (χ2n) is 5.82. The molecule has 0 radical (unpaired) electrons. The summed E-state index contributed by atoms with van der Waals surface area (Å²) in [6.45, 7) is 1.34. The average molecular weight is 350 g/mol. The minimum absolute atomic E-state index is 0.0643. The average Bonchev–Trinajstić information content (AvgIpc) is 2.91. The van der Waals surface area contributed by atoms with Crippen molar-refractivity contribution in [2.45, 2.75) is 25.7 Å². The Morgan fingerprint density at radius 1 is 1.00 bits per heavy atom. The van der Waals surface area contributed by atoms with Crippen molar-refractivity contribution in [3.8, 4) is 0 Å². The summed E-state index contributed by atoms with van der Waals surface area (Å²) < 4.78 is 40.0. The molecule has 0 spiro atoms. The van der Waals surface area contributed by atoms with Crippen LogP contribution < -0.4 is 5.32 Å². The Bertz CT molecular complexity index is 776. The van der Waals surface area contributed by atoms with Crippen LogP contribution in [0.2, 0.25) is 0 Å². The number of halogens is 3. The lowest BCUT2D eigenvalue weighted by molar-refractivity contribution is 0.0755. The number of amides is 1. The van der Waals surface area contributed by atoms with E-state index >= 15 is 0 Å². The topological polar surface area (TPSA) is 58.1 Å². The van der Waals surface area contributed by atoms with E-state index in [1.54, 1.807) is 4.90 Å². The Hall–Kier alpha value is -2.64. The number of carbonyl (C=O) groups excluding carboxylic acids is 1. The minimum Gasteiger partial charge on any atom is -0.337 e. The van der Waals surface area contributed by atoms with Crippen molar-refractivity contribution in [2.75, 3.05) is 18.4 Å². The monoisotopic (exact) mass is 350 g/mol. The summed E-state index contributed by atoms with van der Waals surface area (Å²) >= 11 is 0. The number of carbonyl (C=O) groups is 1. The number of hydrogen-bond acceptors (Lipinski definition) is 4. The standard InChI is InChI=1S/C17H17F3N4O/c18-11-5-6-12(15(20)14(11)19)22-17-21-8-7-13(23-17)16(25)24-9-3-1-2-4-10-24/h5-8H,1-4,9-10H2,(H,21,22,23). The molecule has 0 bridgehead atoms. The van der Waals surface area contributed by atoms with Gasteiger partial charge in [-0.25, -0.2) is 23.1 Å². The van der Waals surface area contributed by atoms with Crippen LogP contribution in [0.15, 0.2) is 24.4 Å². The summed E-state index contributed by atoms with van der Waals surface area (Å²) in [6.07, 6.45) is 5.44. The van der Waals surface area contributed by atoms with Gasteiger partial charge in [0.15, 0.2) is 17.5 Å². The van der Waals surface area contributed by atoms with E-state index in [0.717, 1.165) is 37.8 Å². The highest BCUT2D eigenvalue weighted by atomic mass is 19.2. The molecule has 1 fully saturated rings. The lowest BCUT2D eigenvalue weighted by atomic mass is 10.2. The lowest BCUT2D eigenvalue weighted by Gasteiger charge is -2.19. The molecule has 132 valence electrons. The molecule has 0 aliphatic carbocycles. The molecule has 1 aliphatic rings. The Morgan fingerprint density at radius 2 is 1.72 bits per heavy atom. The Labute approximate surface area is 142 Å². The van der Waals surface area contributed by atoms with E-state index in [1.165, 1.54) is 12.3 Å². The highest BCUT2D eigenvalue weighted by molar-refractivity contribution is 5.92. The van der Waals surface area contributed by atoms with Gasteiger partial charge in [-0.1, -0.05) is 12.8 Å². The fraction of sp³-hybridized carbons (Fsp3) is 0.353. The predicted molar refractivity (Wildman–Crippen MR) is 86.0 cm³/mol. The summed E-state index contributed by atoms with van der Waals surface area (Å²) in [5.41, 5.74) is -0.138. The number of rotatable bonds is 3. The maximum Gasteiger partial charge on any atom is 0.272 e. The highest BCUT2D eigenvalue weighted by Gasteiger charge is 2.19. The molecule has 3 rings (SSSR count). The van der Waals surface area contributed by atoms with Gasteiger partial charge in [0.25, 0.3) is 5.91 Å². The lowest BCUT2D eigenvalue weighted by Crippen LogP contribution is -2.32. The van der Waals surface area contributed by atoms with Gasteiger partial charge in [-0.15, -0.1) is 0 Å². The second kappa shape index (κ2) is 7.50. The van der Waals surface area contributed by atoms with Crippen LogP contribution in [0.5, 0.6) is 0 Å². The van der Waals surface area contributed by atoms with E-state index in [1.807, 2.05) is 0 Å². The van der Waals surface area contributed by atoms with Gasteiger partial charge in [0, 0.05) is 19.3 Å². The van der Waals surface area contributed by atoms with Gasteiger partial charge >= 0.3 is 0 Å². The van der Waals surface area contributed by atoms with E-state index in [2.05, 4.69) is 15.3 Å². The van der Waals surface area contributed by atoms with E-state index in [-0.39, 0.29) is 23.2 Å². The molecule has 8 heteroatoms. The van der Waals surface area contributed by atoms with Gasteiger partial charge in [0.1, 0.15) is 5.69 Å². The summed E-state index contributed by atoms with van der Waals surface area (Å²) in [4.78, 5) is 22.2. The Balaban J connectivity index is 1.79. The largest absolute Gasteiger partial charge is 0.337 e. The fourth-order valence-corrected chi connectivity index (χ4v) is 2.72. The summed E-state index contributed by atoms with van der Waals surface area (Å²) in [7, 11) is 0. The molecule has 1 saturated heterocycles. The molecule has 2 heterocycles. The number of nitrogens with one attached hydrogen (secondary N) is 1. The first-order valence-electron chi connectivity index (χ1n) is 8.09. The molecule has 1 aromatic heterocycles. The number of anilines is 2. The van der Waals surface area contributed by atoms with Crippen molar-refractivity contribution < 1.29 is 18.0 Å². The molecule has 1 aliphatic heterocycles. The molecule has 25 heavy (non-hydrogen) atoms. The zero-order valence-corrected chi connectivity index (χ0v) is 13.4. The van der Waals surface area contributed by atoms with Crippen molar-refractivity contribution in [2.24, 2.45) is 0 Å². The number of benzene rings is 1. The van der Waals surface area contributed by atoms with Crippen molar-refractivity contribution in [3.05, 3.63) is 47.5 Å². The minimum atomic E-state index is -1.58. The normalized spacial score (nSPS) is 14.9. The molecule has 0 atom stereocenters. The third-order valence-corrected chi connectivity index (χ3v) is 4.05. The maximum absolute atomic E-state index is 13.7. The molecule has 1 aromatic carbocycles. The summed E-state index contributed by atoms with van der Waals surface area (Å²) in [5, 5.41) is 2.48. The van der Waals surface area contributed by atoms with Crippen LogP contribution in [-0.2, 0) is 0 Å². The first-order valence-corrected chi connectivity index (χ1v) is 8.09. The third-order valence-electron chi connectivity index (χ3n) is 4.05. The zero-order chi connectivity index (χ0) is 17.8. The number of aromatic nitrogens is 2. The van der Waals surface area contributed by atoms with E-state index in [9.17, 15) is 18.0 Å². The van der Waals surface area contributed by atoms with Crippen molar-refractivity contribution in [3.63, 3.8) is 0 Å². The fourth-order valence-electron chi connectivity index (χ4n) is 2.72. The molecular formula is C17H17F3N4O. The van der Waals surface area contributed by atoms with E-state index in [0.29, 0.717) is 13.1 Å². The molecule has 2 aromatic rings. The smallest absolute Gasteiger partial charge is 0.272 e. The third kappa shape index (κ3) is 3.89. The SMILES string of the molecule is O=C(c1ccnc(Nc2ccc(F)c(F)c2F)n1)N1CCCCCC1. The van der Waals surface area contributed by atoms with Gasteiger partial charge in [-0.05, 0) is 31.0 Å². The van der Waals surface area contributed by atoms with E-state index in [4.69, 9.17) is 0 Å². The van der Waals surface area contributed by atoms with Gasteiger partial charge in [-0.2, -0.15) is 0 Å². The first kappa shape index (κ1) is 17.2. The predicted octanol–water partition coefficient (Wildman–Crippen LogP) is 3.65. The Kier molecular flexibility index (Phi) is 5.16. The summed E-state index contributed by atoms with van der Waals surface area (Å²) in [5.74, 6) is -4.52. The quantitative estimate of drug-likeness (QED) is 0.859. The number of hydrogen-bond donors (Lipinski definition) is 1. The van der Waals surface area contributed by atoms with E-state index < -0.39 is 17.5 Å². The molecular weight excluding hydrogens is 333 g/mol. The zero-order valence-electron chi connectivity index (χ0n) is 13.4. The maximum atomic E-state index is 13.7. The van der Waals surface area contributed by atoms with Crippen LogP contribution >= 0.6 is 0 Å². The van der Waals surface area contributed by atoms with Crippen LogP contribution in [0.3, 0.4) is 0 Å². The molecule has 0 unspecified atom stereocenters. The van der Waals surface area contributed by atoms with Gasteiger partial charge in [-0.3, -0.25) is 4.79 Å². The van der Waals surface area contributed by atoms with Gasteiger partial charge in [0.05, 0.1) is 5.69 Å². The molecule has 0 saturated carbocycles. The number of nitrogens with zero attached hydrogens (tertiary/aromatic N) is 3. The summed E-state index contributed by atoms with van der Waals surface area (Å²) in [6, 6.07) is 3.31. The number of likely N-dealkylation sites (tertiary alicyclic amines) is 1. The van der Waals surface area contributed by atoms with Crippen LogP contribution in [0.4, 0.5) is 24.8 Å². The van der Waals surface area contributed by atoms with Gasteiger partial charge < -0.3 is 10.2 Å². The van der Waals surface area contributed by atoms with Gasteiger partial charge in [0.2, 0.25) is 5.95 Å².